The topological polar surface area (TPSA) is 84.7 Å². The van der Waals surface area contributed by atoms with Gasteiger partial charge in [-0.3, -0.25) is 0 Å². The lowest BCUT2D eigenvalue weighted by Crippen LogP contribution is -2.20. The minimum atomic E-state index is -3.22. The summed E-state index contributed by atoms with van der Waals surface area (Å²) in [7, 11) is 0.764. The van der Waals surface area contributed by atoms with Crippen molar-refractivity contribution in [2.24, 2.45) is 0 Å². The Bertz CT molecular complexity index is 530. The van der Waals surface area contributed by atoms with Gasteiger partial charge in [0.05, 0.1) is 29.5 Å². The van der Waals surface area contributed by atoms with Crippen LogP contribution in [0.3, 0.4) is 0 Å². The fraction of sp³-hybridized carbons (Fsp3) is 0.538. The maximum atomic E-state index is 11.4. The molecule has 0 amide bonds. The van der Waals surface area contributed by atoms with Crippen LogP contribution >= 0.6 is 0 Å². The molecule has 0 fully saturated rings. The van der Waals surface area contributed by atoms with E-state index < -0.39 is 9.84 Å². The van der Waals surface area contributed by atoms with E-state index in [0.717, 1.165) is 12.8 Å². The van der Waals surface area contributed by atoms with Crippen molar-refractivity contribution >= 4 is 21.2 Å². The Morgan fingerprint density at radius 2 is 2.00 bits per heavy atom. The number of nitrogens with two attached hydrogens (primary N) is 1. The molecule has 6 nitrogen and oxygen atoms in total. The summed E-state index contributed by atoms with van der Waals surface area (Å²) in [5.74, 6) is 0. The molecule has 0 radical (unpaired) electrons. The van der Waals surface area contributed by atoms with E-state index in [1.165, 1.54) is 6.07 Å². The second-order valence-electron chi connectivity index (χ2n) is 4.86. The minimum absolute atomic E-state index is 0.225. The summed E-state index contributed by atoms with van der Waals surface area (Å²) in [4.78, 5) is 2.28. The summed E-state index contributed by atoms with van der Waals surface area (Å²) in [6.07, 6.45) is 1.16. The van der Waals surface area contributed by atoms with Crippen LogP contribution in [0, 0.1) is 0 Å². The largest absolute Gasteiger partial charge is 0.397 e. The zero-order valence-corrected chi connectivity index (χ0v) is 13.0. The Kier molecular flexibility index (Phi) is 6.25. The van der Waals surface area contributed by atoms with E-state index in [1.54, 1.807) is 12.1 Å². The molecule has 20 heavy (non-hydrogen) atoms. The molecule has 0 atom stereocenters. The molecule has 0 saturated heterocycles. The zero-order valence-electron chi connectivity index (χ0n) is 12.2. The maximum absolute atomic E-state index is 11.4. The first-order valence-corrected chi connectivity index (χ1v) is 8.26. The Hall–Kier alpha value is -1.31. The number of rotatable bonds is 8. The number of hydrogen-bond donors (Lipinski definition) is 2. The quantitative estimate of drug-likeness (QED) is 0.542. The van der Waals surface area contributed by atoms with Crippen LogP contribution < -0.4 is 11.1 Å². The highest BCUT2D eigenvalue weighted by Crippen LogP contribution is 2.22. The van der Waals surface area contributed by atoms with Gasteiger partial charge in [0.2, 0.25) is 0 Å². The van der Waals surface area contributed by atoms with Crippen molar-refractivity contribution in [3.05, 3.63) is 18.2 Å². The molecule has 3 N–H and O–H groups in total. The number of ether oxygens (including phenoxy) is 1. The number of likely N-dealkylation sites (N-methyl/N-ethyl adjacent to an activating group) is 1. The number of nitrogens with one attached hydrogen (secondary N) is 1. The van der Waals surface area contributed by atoms with Crippen LogP contribution in [0.1, 0.15) is 0 Å². The van der Waals surface area contributed by atoms with E-state index >= 15 is 0 Å². The molecule has 0 aliphatic rings. The van der Waals surface area contributed by atoms with Crippen molar-refractivity contribution in [2.45, 2.75) is 4.90 Å². The lowest BCUT2D eigenvalue weighted by Gasteiger charge is -2.12. The number of benzene rings is 1. The summed E-state index contributed by atoms with van der Waals surface area (Å²) in [6, 6.07) is 4.68. The van der Waals surface area contributed by atoms with E-state index in [0.29, 0.717) is 31.1 Å². The third kappa shape index (κ3) is 5.77. The molecule has 1 aromatic carbocycles. The maximum Gasteiger partial charge on any atom is 0.175 e. The van der Waals surface area contributed by atoms with Crippen molar-refractivity contribution in [3.8, 4) is 0 Å². The summed E-state index contributed by atoms with van der Waals surface area (Å²) >= 11 is 0. The van der Waals surface area contributed by atoms with Crippen molar-refractivity contribution in [1.29, 1.82) is 0 Å². The molecule has 1 aromatic rings. The van der Waals surface area contributed by atoms with Gasteiger partial charge in [0.25, 0.3) is 0 Å². The summed E-state index contributed by atoms with van der Waals surface area (Å²) in [5, 5.41) is 3.12. The van der Waals surface area contributed by atoms with Gasteiger partial charge in [0, 0.05) is 19.3 Å². The standard InChI is InChI=1S/C13H23N3O3S/c1-16(2)7-9-19-8-6-15-13-5-4-11(10-12(13)14)20(3,17)18/h4-5,10,15H,6-9,14H2,1-3H3. The van der Waals surface area contributed by atoms with Crippen LogP contribution in [-0.4, -0.2) is 60.0 Å². The fourth-order valence-corrected chi connectivity index (χ4v) is 2.20. The first kappa shape index (κ1) is 16.7. The third-order valence-corrected chi connectivity index (χ3v) is 3.81. The van der Waals surface area contributed by atoms with Gasteiger partial charge in [0.15, 0.2) is 9.84 Å². The van der Waals surface area contributed by atoms with Crippen LogP contribution in [0.15, 0.2) is 23.1 Å². The second-order valence-corrected chi connectivity index (χ2v) is 6.88. The van der Waals surface area contributed by atoms with E-state index in [9.17, 15) is 8.42 Å². The molecule has 7 heteroatoms. The molecule has 0 aliphatic heterocycles. The summed E-state index contributed by atoms with van der Waals surface area (Å²) in [5.41, 5.74) is 6.96. The molecule has 0 bridgehead atoms. The number of nitrogens with zero attached hydrogens (tertiary/aromatic N) is 1. The van der Waals surface area contributed by atoms with Gasteiger partial charge in [-0.05, 0) is 32.3 Å². The van der Waals surface area contributed by atoms with Gasteiger partial charge >= 0.3 is 0 Å². The van der Waals surface area contributed by atoms with Crippen LogP contribution in [0.4, 0.5) is 11.4 Å². The van der Waals surface area contributed by atoms with Crippen LogP contribution in [0.2, 0.25) is 0 Å². The summed E-state index contributed by atoms with van der Waals surface area (Å²) < 4.78 is 28.2. The van der Waals surface area contributed by atoms with Crippen molar-refractivity contribution in [2.75, 3.05) is 57.7 Å². The Balaban J connectivity index is 2.42. The Labute approximate surface area is 120 Å². The smallest absolute Gasteiger partial charge is 0.175 e. The number of sulfone groups is 1. The highest BCUT2D eigenvalue weighted by molar-refractivity contribution is 7.90. The van der Waals surface area contributed by atoms with E-state index in [-0.39, 0.29) is 4.90 Å². The number of anilines is 2. The monoisotopic (exact) mass is 301 g/mol. The number of hydrogen-bond acceptors (Lipinski definition) is 6. The molecule has 1 rings (SSSR count). The van der Waals surface area contributed by atoms with Gasteiger partial charge in [-0.1, -0.05) is 0 Å². The second kappa shape index (κ2) is 7.47. The Morgan fingerprint density at radius 1 is 1.30 bits per heavy atom. The predicted molar refractivity (Wildman–Crippen MR) is 81.8 cm³/mol. The first-order chi connectivity index (χ1) is 9.30. The van der Waals surface area contributed by atoms with Crippen LogP contribution in [0.5, 0.6) is 0 Å². The third-order valence-electron chi connectivity index (χ3n) is 2.70. The average molecular weight is 301 g/mol. The molecule has 0 unspecified atom stereocenters. The Morgan fingerprint density at radius 3 is 2.55 bits per heavy atom. The van der Waals surface area contributed by atoms with Crippen LogP contribution in [-0.2, 0) is 14.6 Å². The average Bonchev–Trinajstić information content (AvgIpc) is 2.33. The number of nitrogen functional groups attached to an aromatic ring is 1. The first-order valence-electron chi connectivity index (χ1n) is 6.36. The van der Waals surface area contributed by atoms with Gasteiger partial charge in [-0.2, -0.15) is 0 Å². The molecule has 114 valence electrons. The molecular weight excluding hydrogens is 278 g/mol. The van der Waals surface area contributed by atoms with E-state index in [2.05, 4.69) is 10.2 Å². The highest BCUT2D eigenvalue weighted by atomic mass is 32.2. The lowest BCUT2D eigenvalue weighted by molar-refractivity contribution is 0.126. The fourth-order valence-electron chi connectivity index (χ4n) is 1.54. The normalized spacial score (nSPS) is 11.8. The molecular formula is C13H23N3O3S. The molecule has 0 saturated carbocycles. The van der Waals surface area contributed by atoms with Crippen molar-refractivity contribution < 1.29 is 13.2 Å². The van der Waals surface area contributed by atoms with Gasteiger partial charge in [-0.15, -0.1) is 0 Å². The SMILES string of the molecule is CN(C)CCOCCNc1ccc(S(C)(=O)=O)cc1N. The van der Waals surface area contributed by atoms with Gasteiger partial charge in [-0.25, -0.2) is 8.42 Å². The minimum Gasteiger partial charge on any atom is -0.397 e. The molecule has 0 heterocycles. The highest BCUT2D eigenvalue weighted by Gasteiger charge is 2.09. The molecule has 0 spiro atoms. The molecule has 0 aliphatic carbocycles. The van der Waals surface area contributed by atoms with E-state index in [4.69, 9.17) is 10.5 Å². The predicted octanol–water partition coefficient (Wildman–Crippen LogP) is 0.662. The van der Waals surface area contributed by atoms with Crippen molar-refractivity contribution in [3.63, 3.8) is 0 Å². The lowest BCUT2D eigenvalue weighted by atomic mass is 10.2. The van der Waals surface area contributed by atoms with Gasteiger partial charge in [0.1, 0.15) is 0 Å². The zero-order chi connectivity index (χ0) is 15.2. The van der Waals surface area contributed by atoms with Gasteiger partial charge < -0.3 is 20.7 Å². The van der Waals surface area contributed by atoms with Crippen molar-refractivity contribution in [1.82, 2.24) is 4.90 Å². The van der Waals surface area contributed by atoms with E-state index in [1.807, 2.05) is 14.1 Å². The summed E-state index contributed by atoms with van der Waals surface area (Å²) in [6.45, 7) is 2.75. The molecule has 0 aromatic heterocycles. The van der Waals surface area contributed by atoms with Crippen LogP contribution in [0.25, 0.3) is 0 Å².